The lowest BCUT2D eigenvalue weighted by atomic mass is 10.1. The van der Waals surface area contributed by atoms with Crippen LogP contribution in [-0.2, 0) is 4.79 Å². The molecule has 0 aliphatic rings. The van der Waals surface area contributed by atoms with Gasteiger partial charge < -0.3 is 16.4 Å². The normalized spacial score (nSPS) is 11.8. The monoisotopic (exact) mass is 309 g/mol. The fourth-order valence-corrected chi connectivity index (χ4v) is 2.32. The van der Waals surface area contributed by atoms with Gasteiger partial charge in [0.25, 0.3) is 5.91 Å². The van der Waals surface area contributed by atoms with Gasteiger partial charge in [0.15, 0.2) is 0 Å². The highest BCUT2D eigenvalue weighted by atomic mass is 32.2. The van der Waals surface area contributed by atoms with E-state index in [0.29, 0.717) is 25.1 Å². The number of aryl methyl sites for hydroxylation is 1. The number of hydrogen-bond donors (Lipinski definition) is 3. The summed E-state index contributed by atoms with van der Waals surface area (Å²) >= 11 is 1.64. The fourth-order valence-electron chi connectivity index (χ4n) is 1.85. The Morgan fingerprint density at radius 2 is 2.14 bits per heavy atom. The van der Waals surface area contributed by atoms with Gasteiger partial charge in [-0.2, -0.15) is 11.8 Å². The Labute approximate surface area is 130 Å². The van der Waals surface area contributed by atoms with Crippen LogP contribution in [0.1, 0.15) is 22.3 Å². The number of nitrogens with one attached hydrogen (secondary N) is 2. The quantitative estimate of drug-likeness (QED) is 0.667. The topological polar surface area (TPSA) is 84.2 Å². The van der Waals surface area contributed by atoms with Crippen LogP contribution in [0.2, 0.25) is 0 Å². The molecule has 1 unspecified atom stereocenters. The Bertz CT molecular complexity index is 480. The molecule has 4 N–H and O–H groups in total. The first kappa shape index (κ1) is 17.5. The summed E-state index contributed by atoms with van der Waals surface area (Å²) in [7, 11) is 0. The Kier molecular flexibility index (Phi) is 7.85. The van der Waals surface area contributed by atoms with Crippen LogP contribution in [0.25, 0.3) is 0 Å². The third kappa shape index (κ3) is 6.18. The predicted molar refractivity (Wildman–Crippen MR) is 87.5 cm³/mol. The first-order valence-corrected chi connectivity index (χ1v) is 8.32. The van der Waals surface area contributed by atoms with Crippen molar-refractivity contribution in [2.75, 3.05) is 25.1 Å². The van der Waals surface area contributed by atoms with Crippen LogP contribution in [0.5, 0.6) is 0 Å². The average Bonchev–Trinajstić information content (AvgIpc) is 2.48. The third-order valence-corrected chi connectivity index (χ3v) is 3.60. The number of amides is 2. The molecule has 1 atom stereocenters. The number of carbonyl (C=O) groups excluding carboxylic acids is 2. The van der Waals surface area contributed by atoms with Crippen molar-refractivity contribution < 1.29 is 9.59 Å². The summed E-state index contributed by atoms with van der Waals surface area (Å²) in [6, 6.07) is 6.77. The van der Waals surface area contributed by atoms with Gasteiger partial charge in [0.2, 0.25) is 5.91 Å². The highest BCUT2D eigenvalue weighted by Crippen LogP contribution is 2.06. The molecule has 1 aromatic carbocycles. The largest absolute Gasteiger partial charge is 0.353 e. The number of carbonyl (C=O) groups is 2. The van der Waals surface area contributed by atoms with E-state index < -0.39 is 6.04 Å². The minimum atomic E-state index is -0.531. The van der Waals surface area contributed by atoms with Crippen LogP contribution >= 0.6 is 11.8 Å². The molecular formula is C15H23N3O2S. The molecule has 116 valence electrons. The number of benzene rings is 1. The van der Waals surface area contributed by atoms with Gasteiger partial charge in [0.05, 0.1) is 0 Å². The van der Waals surface area contributed by atoms with Crippen molar-refractivity contribution in [1.82, 2.24) is 10.6 Å². The summed E-state index contributed by atoms with van der Waals surface area (Å²) in [5.74, 6) is 0.387. The number of hydrogen-bond acceptors (Lipinski definition) is 4. The molecule has 6 heteroatoms. The van der Waals surface area contributed by atoms with Crippen molar-refractivity contribution in [3.05, 3.63) is 35.4 Å². The molecule has 0 heterocycles. The summed E-state index contributed by atoms with van der Waals surface area (Å²) < 4.78 is 0. The average molecular weight is 309 g/mol. The smallest absolute Gasteiger partial charge is 0.251 e. The van der Waals surface area contributed by atoms with Gasteiger partial charge >= 0.3 is 0 Å². The number of thioether (sulfide) groups is 1. The Balaban J connectivity index is 2.70. The van der Waals surface area contributed by atoms with E-state index in [-0.39, 0.29) is 11.8 Å². The van der Waals surface area contributed by atoms with Crippen LogP contribution in [0.3, 0.4) is 0 Å². The van der Waals surface area contributed by atoms with Gasteiger partial charge in [-0.05, 0) is 37.5 Å². The molecule has 1 rings (SSSR count). The van der Waals surface area contributed by atoms with Gasteiger partial charge in [0, 0.05) is 18.7 Å². The lowest BCUT2D eigenvalue weighted by Gasteiger charge is -2.18. The zero-order valence-electron chi connectivity index (χ0n) is 12.5. The summed E-state index contributed by atoms with van der Waals surface area (Å²) in [5, 5.41) is 5.52. The Morgan fingerprint density at radius 1 is 1.38 bits per heavy atom. The van der Waals surface area contributed by atoms with E-state index in [1.165, 1.54) is 0 Å². The Hall–Kier alpha value is -1.53. The van der Waals surface area contributed by atoms with Gasteiger partial charge in [-0.3, -0.25) is 9.59 Å². The molecule has 0 bridgehead atoms. The molecule has 2 amide bonds. The molecule has 1 aromatic rings. The first-order chi connectivity index (χ1) is 10.1. The zero-order chi connectivity index (χ0) is 15.7. The van der Waals surface area contributed by atoms with E-state index in [2.05, 4.69) is 10.6 Å². The summed E-state index contributed by atoms with van der Waals surface area (Å²) in [5.41, 5.74) is 6.96. The van der Waals surface area contributed by atoms with Gasteiger partial charge in [-0.25, -0.2) is 0 Å². The van der Waals surface area contributed by atoms with Gasteiger partial charge in [-0.15, -0.1) is 0 Å². The molecule has 0 saturated carbocycles. The zero-order valence-corrected chi connectivity index (χ0v) is 13.3. The van der Waals surface area contributed by atoms with E-state index in [0.717, 1.165) is 11.3 Å². The third-order valence-electron chi connectivity index (χ3n) is 2.96. The number of rotatable bonds is 8. The van der Waals surface area contributed by atoms with E-state index in [1.807, 2.05) is 25.3 Å². The summed E-state index contributed by atoms with van der Waals surface area (Å²) in [4.78, 5) is 24.3. The molecule has 21 heavy (non-hydrogen) atoms. The van der Waals surface area contributed by atoms with E-state index in [9.17, 15) is 9.59 Å². The van der Waals surface area contributed by atoms with Gasteiger partial charge in [-0.1, -0.05) is 17.7 Å². The second kappa shape index (κ2) is 9.41. The van der Waals surface area contributed by atoms with Crippen molar-refractivity contribution in [3.63, 3.8) is 0 Å². The van der Waals surface area contributed by atoms with Crippen molar-refractivity contribution in [2.45, 2.75) is 19.4 Å². The molecule has 0 spiro atoms. The summed E-state index contributed by atoms with van der Waals surface area (Å²) in [6.07, 6.45) is 2.56. The maximum atomic E-state index is 12.2. The van der Waals surface area contributed by atoms with E-state index in [1.54, 1.807) is 23.9 Å². The van der Waals surface area contributed by atoms with Crippen LogP contribution in [0.15, 0.2) is 24.3 Å². The van der Waals surface area contributed by atoms with Crippen LogP contribution < -0.4 is 16.4 Å². The van der Waals surface area contributed by atoms with E-state index in [4.69, 9.17) is 5.73 Å². The van der Waals surface area contributed by atoms with Gasteiger partial charge in [0.1, 0.15) is 6.04 Å². The predicted octanol–water partition coefficient (Wildman–Crippen LogP) is 0.921. The maximum Gasteiger partial charge on any atom is 0.251 e. The highest BCUT2D eigenvalue weighted by molar-refractivity contribution is 7.98. The Morgan fingerprint density at radius 3 is 2.76 bits per heavy atom. The molecule has 0 saturated heterocycles. The summed E-state index contributed by atoms with van der Waals surface area (Å²) in [6.45, 7) is 2.72. The van der Waals surface area contributed by atoms with Crippen LogP contribution in [-0.4, -0.2) is 43.0 Å². The standard InChI is InChI=1S/C15H23N3O2S/c1-11-4-3-5-12(10-11)14(19)18-13(6-9-21-2)15(20)17-8-7-16/h3-5,10,13H,6-9,16H2,1-2H3,(H,17,20)(H,18,19). The molecular weight excluding hydrogens is 286 g/mol. The lowest BCUT2D eigenvalue weighted by molar-refractivity contribution is -0.122. The van der Waals surface area contributed by atoms with Crippen molar-refractivity contribution >= 4 is 23.6 Å². The lowest BCUT2D eigenvalue weighted by Crippen LogP contribution is -2.48. The second-order valence-electron chi connectivity index (χ2n) is 4.76. The molecule has 0 aliphatic carbocycles. The second-order valence-corrected chi connectivity index (χ2v) is 5.74. The van der Waals surface area contributed by atoms with E-state index >= 15 is 0 Å². The van der Waals surface area contributed by atoms with Crippen LogP contribution in [0, 0.1) is 6.92 Å². The molecule has 0 radical (unpaired) electrons. The van der Waals surface area contributed by atoms with Crippen LogP contribution in [0.4, 0.5) is 0 Å². The molecule has 0 aromatic heterocycles. The minimum Gasteiger partial charge on any atom is -0.353 e. The molecule has 0 aliphatic heterocycles. The molecule has 0 fully saturated rings. The maximum absolute atomic E-state index is 12.2. The fraction of sp³-hybridized carbons (Fsp3) is 0.467. The minimum absolute atomic E-state index is 0.185. The SMILES string of the molecule is CSCCC(NC(=O)c1cccc(C)c1)C(=O)NCCN. The van der Waals surface area contributed by atoms with Crippen molar-refractivity contribution in [1.29, 1.82) is 0 Å². The highest BCUT2D eigenvalue weighted by Gasteiger charge is 2.20. The van der Waals surface area contributed by atoms with Crippen molar-refractivity contribution in [2.24, 2.45) is 5.73 Å². The van der Waals surface area contributed by atoms with Crippen molar-refractivity contribution in [3.8, 4) is 0 Å². The first-order valence-electron chi connectivity index (χ1n) is 6.92. The number of nitrogens with two attached hydrogens (primary N) is 1. The molecule has 5 nitrogen and oxygen atoms in total.